The van der Waals surface area contributed by atoms with Crippen molar-refractivity contribution in [3.8, 4) is 0 Å². The molecule has 0 saturated heterocycles. The van der Waals surface area contributed by atoms with Gasteiger partial charge in [0.05, 0.1) is 11.6 Å². The van der Waals surface area contributed by atoms with Crippen LogP contribution in [-0.4, -0.2) is 31.9 Å². The molecule has 0 radical (unpaired) electrons. The third kappa shape index (κ3) is 4.76. The second-order valence-electron chi connectivity index (χ2n) is 6.07. The molecule has 2 unspecified atom stereocenters. The van der Waals surface area contributed by atoms with Crippen LogP contribution in [0, 0.1) is 0 Å². The van der Waals surface area contributed by atoms with Crippen LogP contribution >= 0.6 is 12.4 Å². The summed E-state index contributed by atoms with van der Waals surface area (Å²) in [5, 5.41) is 11.3. The zero-order chi connectivity index (χ0) is 16.9. The van der Waals surface area contributed by atoms with E-state index in [4.69, 9.17) is 0 Å². The van der Waals surface area contributed by atoms with Crippen LogP contribution in [-0.2, 0) is 11.2 Å². The molecule has 0 aliphatic rings. The molecule has 0 spiro atoms. The molecule has 2 heterocycles. The highest BCUT2D eigenvalue weighted by molar-refractivity contribution is 5.85. The van der Waals surface area contributed by atoms with Gasteiger partial charge in [-0.25, -0.2) is 4.68 Å². The number of rotatable bonds is 6. The summed E-state index contributed by atoms with van der Waals surface area (Å²) in [6, 6.07) is 13.5. The van der Waals surface area contributed by atoms with Crippen molar-refractivity contribution in [1.29, 1.82) is 0 Å². The summed E-state index contributed by atoms with van der Waals surface area (Å²) in [7, 11) is 0. The molecule has 2 atom stereocenters. The smallest absolute Gasteiger partial charge is 0.222 e. The molecule has 1 amide bonds. The molecule has 25 heavy (non-hydrogen) atoms. The quantitative estimate of drug-likeness (QED) is 0.734. The molecule has 6 nitrogen and oxygen atoms in total. The second-order valence-corrected chi connectivity index (χ2v) is 6.07. The van der Waals surface area contributed by atoms with Gasteiger partial charge >= 0.3 is 0 Å². The van der Waals surface area contributed by atoms with E-state index >= 15 is 0 Å². The average molecular weight is 360 g/mol. The molecule has 2 aromatic heterocycles. The Kier molecular flexibility index (Phi) is 6.47. The Bertz CT molecular complexity index is 820. The largest absolute Gasteiger partial charge is 0.353 e. The fraction of sp³-hybridized carbons (Fsp3) is 0.333. The predicted molar refractivity (Wildman–Crippen MR) is 99.6 cm³/mol. The van der Waals surface area contributed by atoms with Gasteiger partial charge in [0.25, 0.3) is 0 Å². The summed E-state index contributed by atoms with van der Waals surface area (Å²) in [5.74, 6) is 0.00510. The van der Waals surface area contributed by atoms with Crippen molar-refractivity contribution in [2.45, 2.75) is 38.8 Å². The van der Waals surface area contributed by atoms with Gasteiger partial charge in [-0.3, -0.25) is 9.78 Å². The first-order chi connectivity index (χ1) is 11.6. The molecule has 0 saturated carbocycles. The first kappa shape index (κ1) is 18.9. The van der Waals surface area contributed by atoms with Crippen molar-refractivity contribution >= 4 is 29.3 Å². The van der Waals surface area contributed by atoms with Gasteiger partial charge in [0.15, 0.2) is 0 Å². The van der Waals surface area contributed by atoms with Gasteiger partial charge in [-0.15, -0.1) is 17.5 Å². The van der Waals surface area contributed by atoms with E-state index in [0.29, 0.717) is 12.8 Å². The van der Waals surface area contributed by atoms with Crippen LogP contribution < -0.4 is 5.32 Å². The van der Waals surface area contributed by atoms with Crippen molar-refractivity contribution in [2.24, 2.45) is 0 Å². The van der Waals surface area contributed by atoms with Crippen molar-refractivity contribution < 1.29 is 4.79 Å². The Labute approximate surface area is 153 Å². The van der Waals surface area contributed by atoms with E-state index in [1.54, 1.807) is 10.9 Å². The van der Waals surface area contributed by atoms with Gasteiger partial charge in [0, 0.05) is 30.8 Å². The van der Waals surface area contributed by atoms with Crippen molar-refractivity contribution in [2.75, 3.05) is 0 Å². The minimum atomic E-state index is -0.0561. The number of carbonyl (C=O) groups is 1. The first-order valence-corrected chi connectivity index (χ1v) is 8.12. The highest BCUT2D eigenvalue weighted by atomic mass is 35.5. The van der Waals surface area contributed by atoms with Gasteiger partial charge in [-0.2, -0.15) is 0 Å². The summed E-state index contributed by atoms with van der Waals surface area (Å²) in [6.45, 7) is 3.96. The molecule has 0 fully saturated rings. The molecule has 0 aliphatic carbocycles. The Balaban J connectivity index is 0.00000225. The maximum Gasteiger partial charge on any atom is 0.222 e. The Morgan fingerprint density at radius 2 is 1.92 bits per heavy atom. The predicted octanol–water partition coefficient (Wildman–Crippen LogP) is 2.95. The van der Waals surface area contributed by atoms with Gasteiger partial charge in [0.1, 0.15) is 5.52 Å². The fourth-order valence-corrected chi connectivity index (χ4v) is 2.78. The number of nitrogens with zero attached hydrogens (tertiary/aromatic N) is 4. The number of fused-ring (bicyclic) bond motifs is 1. The van der Waals surface area contributed by atoms with E-state index in [2.05, 4.69) is 20.6 Å². The van der Waals surface area contributed by atoms with Crippen LogP contribution in [0.5, 0.6) is 0 Å². The summed E-state index contributed by atoms with van der Waals surface area (Å²) in [6.07, 6.45) is 2.84. The molecule has 3 aromatic rings. The number of amides is 1. The van der Waals surface area contributed by atoms with Gasteiger partial charge in [0.2, 0.25) is 5.91 Å². The minimum absolute atomic E-state index is 0. The maximum absolute atomic E-state index is 12.3. The Hall–Kier alpha value is -2.47. The van der Waals surface area contributed by atoms with Crippen molar-refractivity contribution in [1.82, 2.24) is 25.3 Å². The lowest BCUT2D eigenvalue weighted by molar-refractivity contribution is -0.122. The highest BCUT2D eigenvalue weighted by Crippen LogP contribution is 2.17. The number of carbonyl (C=O) groups excluding carboxylic acids is 1. The summed E-state index contributed by atoms with van der Waals surface area (Å²) >= 11 is 0. The second kappa shape index (κ2) is 8.58. The lowest BCUT2D eigenvalue weighted by atomic mass is 10.1. The maximum atomic E-state index is 12.3. The summed E-state index contributed by atoms with van der Waals surface area (Å²) < 4.78 is 1.80. The monoisotopic (exact) mass is 359 g/mol. The zero-order valence-corrected chi connectivity index (χ0v) is 15.1. The third-order valence-corrected chi connectivity index (χ3v) is 3.92. The number of nitrogens with one attached hydrogen (secondary N) is 1. The number of para-hydroxylation sites is 1. The standard InChI is InChI=1S/C18H21N5O.ClH/c1-13(11-15-7-5-6-10-19-15)20-18(24)12-14(2)23-17-9-4-3-8-16(17)21-22-23;/h3-10,13-14H,11-12H2,1-2H3,(H,20,24);1H. The third-order valence-electron chi connectivity index (χ3n) is 3.92. The molecule has 0 aliphatic heterocycles. The molecule has 3 rings (SSSR count). The molecule has 132 valence electrons. The first-order valence-electron chi connectivity index (χ1n) is 8.12. The normalized spacial score (nSPS) is 13.0. The lowest BCUT2D eigenvalue weighted by Crippen LogP contribution is -2.35. The molecule has 1 aromatic carbocycles. The molecule has 0 bridgehead atoms. The average Bonchev–Trinajstić information content (AvgIpc) is 2.99. The SMILES string of the molecule is CC(Cc1ccccn1)NC(=O)CC(C)n1nnc2ccccc21.Cl. The van der Waals surface area contributed by atoms with Crippen LogP contribution in [0.1, 0.15) is 32.0 Å². The van der Waals surface area contributed by atoms with E-state index in [0.717, 1.165) is 16.7 Å². The van der Waals surface area contributed by atoms with E-state index in [9.17, 15) is 4.79 Å². The van der Waals surface area contributed by atoms with Crippen LogP contribution in [0.2, 0.25) is 0 Å². The van der Waals surface area contributed by atoms with Crippen LogP contribution in [0.25, 0.3) is 11.0 Å². The number of hydrogen-bond donors (Lipinski definition) is 1. The molecule has 1 N–H and O–H groups in total. The zero-order valence-electron chi connectivity index (χ0n) is 14.3. The van der Waals surface area contributed by atoms with Crippen molar-refractivity contribution in [3.63, 3.8) is 0 Å². The van der Waals surface area contributed by atoms with E-state index in [-0.39, 0.29) is 30.4 Å². The van der Waals surface area contributed by atoms with E-state index in [1.165, 1.54) is 0 Å². The Morgan fingerprint density at radius 3 is 2.68 bits per heavy atom. The number of pyridine rings is 1. The van der Waals surface area contributed by atoms with E-state index < -0.39 is 0 Å². The topological polar surface area (TPSA) is 72.7 Å². The molecular weight excluding hydrogens is 338 g/mol. The highest BCUT2D eigenvalue weighted by Gasteiger charge is 2.16. The molecule has 7 heteroatoms. The lowest BCUT2D eigenvalue weighted by Gasteiger charge is -2.16. The van der Waals surface area contributed by atoms with Crippen LogP contribution in [0.4, 0.5) is 0 Å². The molecular formula is C18H22ClN5O. The van der Waals surface area contributed by atoms with Gasteiger partial charge in [-0.05, 0) is 38.1 Å². The number of aromatic nitrogens is 4. The fourth-order valence-electron chi connectivity index (χ4n) is 2.78. The minimum Gasteiger partial charge on any atom is -0.353 e. The van der Waals surface area contributed by atoms with Crippen molar-refractivity contribution in [3.05, 3.63) is 54.4 Å². The summed E-state index contributed by atoms with van der Waals surface area (Å²) in [4.78, 5) is 16.6. The number of hydrogen-bond acceptors (Lipinski definition) is 4. The number of halogens is 1. The van der Waals surface area contributed by atoms with Gasteiger partial charge in [-0.1, -0.05) is 23.4 Å². The van der Waals surface area contributed by atoms with Crippen LogP contribution in [0.15, 0.2) is 48.7 Å². The van der Waals surface area contributed by atoms with Gasteiger partial charge < -0.3 is 5.32 Å². The number of benzene rings is 1. The van der Waals surface area contributed by atoms with Crippen LogP contribution in [0.3, 0.4) is 0 Å². The summed E-state index contributed by atoms with van der Waals surface area (Å²) in [5.41, 5.74) is 2.76. The van der Waals surface area contributed by atoms with E-state index in [1.807, 2.05) is 56.3 Å². The Morgan fingerprint density at radius 1 is 1.16 bits per heavy atom.